The number of sulfone groups is 1. The lowest BCUT2D eigenvalue weighted by molar-refractivity contribution is 0.328. The molecule has 0 spiro atoms. The zero-order valence-electron chi connectivity index (χ0n) is 9.20. The second-order valence-electron chi connectivity index (χ2n) is 4.50. The Kier molecular flexibility index (Phi) is 2.60. The maximum absolute atomic E-state index is 11.4. The highest BCUT2D eigenvalue weighted by molar-refractivity contribution is 7.91. The molecule has 1 aliphatic rings. The third kappa shape index (κ3) is 2.35. The molecule has 17 heavy (non-hydrogen) atoms. The number of nitrogens with zero attached hydrogens (tertiary/aromatic N) is 2. The summed E-state index contributed by atoms with van der Waals surface area (Å²) in [5, 5.41) is 8.86. The van der Waals surface area contributed by atoms with Crippen LogP contribution >= 0.6 is 0 Å². The Labute approximate surface area is 99.6 Å². The third-order valence-corrected chi connectivity index (χ3v) is 5.68. The van der Waals surface area contributed by atoms with Crippen molar-refractivity contribution in [1.82, 2.24) is 9.78 Å². The molecule has 2 rings (SSSR count). The van der Waals surface area contributed by atoms with E-state index in [0.29, 0.717) is 6.42 Å². The van der Waals surface area contributed by atoms with Crippen molar-refractivity contribution in [2.24, 2.45) is 5.14 Å². The van der Waals surface area contributed by atoms with Crippen molar-refractivity contribution in [3.05, 3.63) is 12.4 Å². The maximum Gasteiger partial charge on any atom is 0.241 e. The van der Waals surface area contributed by atoms with E-state index in [4.69, 9.17) is 5.14 Å². The molecule has 0 amide bonds. The van der Waals surface area contributed by atoms with Gasteiger partial charge in [-0.1, -0.05) is 0 Å². The second-order valence-corrected chi connectivity index (χ2v) is 8.25. The van der Waals surface area contributed by atoms with E-state index in [2.05, 4.69) is 5.10 Å². The molecule has 1 saturated heterocycles. The average Bonchev–Trinajstić information content (AvgIpc) is 2.70. The fourth-order valence-corrected chi connectivity index (χ4v) is 4.48. The van der Waals surface area contributed by atoms with Crippen LogP contribution in [-0.2, 0) is 25.4 Å². The molecule has 7 nitrogen and oxygen atoms in total. The minimum absolute atomic E-state index is 0.0360. The highest BCUT2D eigenvalue weighted by atomic mass is 32.2. The van der Waals surface area contributed by atoms with Crippen molar-refractivity contribution < 1.29 is 16.8 Å². The molecule has 0 aromatic carbocycles. The van der Waals surface area contributed by atoms with E-state index in [1.807, 2.05) is 0 Å². The molecule has 1 fully saturated rings. The first kappa shape index (κ1) is 12.5. The molecule has 0 saturated carbocycles. The Morgan fingerprint density at radius 3 is 2.59 bits per heavy atom. The van der Waals surface area contributed by atoms with Gasteiger partial charge in [-0.2, -0.15) is 5.10 Å². The van der Waals surface area contributed by atoms with Gasteiger partial charge in [0.1, 0.15) is 4.90 Å². The summed E-state index contributed by atoms with van der Waals surface area (Å²) in [6.45, 7) is 1.73. The van der Waals surface area contributed by atoms with Crippen molar-refractivity contribution in [2.45, 2.75) is 23.8 Å². The summed E-state index contributed by atoms with van der Waals surface area (Å²) in [5.41, 5.74) is -0.693. The van der Waals surface area contributed by atoms with Gasteiger partial charge < -0.3 is 0 Å². The van der Waals surface area contributed by atoms with Crippen LogP contribution in [0.3, 0.4) is 0 Å². The van der Waals surface area contributed by atoms with Gasteiger partial charge in [0, 0.05) is 6.20 Å². The van der Waals surface area contributed by atoms with Gasteiger partial charge in [0.05, 0.1) is 23.2 Å². The second kappa shape index (κ2) is 3.53. The van der Waals surface area contributed by atoms with Gasteiger partial charge in [-0.3, -0.25) is 4.68 Å². The topological polar surface area (TPSA) is 112 Å². The average molecular weight is 279 g/mol. The molecule has 1 aromatic rings. The van der Waals surface area contributed by atoms with E-state index in [-0.39, 0.29) is 16.4 Å². The molecule has 0 radical (unpaired) electrons. The summed E-state index contributed by atoms with van der Waals surface area (Å²) in [6.07, 6.45) is 2.82. The van der Waals surface area contributed by atoms with Crippen LogP contribution in [0.25, 0.3) is 0 Å². The van der Waals surface area contributed by atoms with Crippen LogP contribution in [0.15, 0.2) is 17.3 Å². The standard InChI is InChI=1S/C8H13N3O4S2/c1-8(2-3-16(12,13)6-8)11-5-7(4-10-11)17(9,14)15/h4-5H,2-3,6H2,1H3,(H2,9,14,15). The fourth-order valence-electron chi connectivity index (χ4n) is 1.92. The van der Waals surface area contributed by atoms with Gasteiger partial charge in [0.2, 0.25) is 10.0 Å². The first-order chi connectivity index (χ1) is 7.62. The minimum Gasteiger partial charge on any atom is -0.264 e. The molecule has 96 valence electrons. The summed E-state index contributed by atoms with van der Waals surface area (Å²) in [6, 6.07) is 0. The number of hydrogen-bond acceptors (Lipinski definition) is 5. The van der Waals surface area contributed by atoms with Crippen LogP contribution in [0.2, 0.25) is 0 Å². The Bertz CT molecular complexity index is 646. The number of aromatic nitrogens is 2. The van der Waals surface area contributed by atoms with Gasteiger partial charge in [0.15, 0.2) is 9.84 Å². The molecular weight excluding hydrogens is 266 g/mol. The Morgan fingerprint density at radius 2 is 2.18 bits per heavy atom. The van der Waals surface area contributed by atoms with Gasteiger partial charge in [0.25, 0.3) is 0 Å². The number of hydrogen-bond donors (Lipinski definition) is 1. The summed E-state index contributed by atoms with van der Waals surface area (Å²) in [7, 11) is -6.87. The van der Waals surface area contributed by atoms with Crippen molar-refractivity contribution in [3.8, 4) is 0 Å². The van der Waals surface area contributed by atoms with Crippen LogP contribution in [0, 0.1) is 0 Å². The third-order valence-electron chi connectivity index (χ3n) is 2.92. The SMILES string of the molecule is CC1(n2cc(S(N)(=O)=O)cn2)CCS(=O)(=O)C1. The van der Waals surface area contributed by atoms with E-state index >= 15 is 0 Å². The molecule has 2 heterocycles. The summed E-state index contributed by atoms with van der Waals surface area (Å²) in [4.78, 5) is -0.108. The zero-order chi connectivity index (χ0) is 12.9. The minimum atomic E-state index is -3.80. The van der Waals surface area contributed by atoms with Crippen LogP contribution in [-0.4, -0.2) is 38.1 Å². The molecule has 0 aliphatic carbocycles. The lowest BCUT2D eigenvalue weighted by Gasteiger charge is -2.22. The first-order valence-corrected chi connectivity index (χ1v) is 8.28. The summed E-state index contributed by atoms with van der Waals surface area (Å²) in [5.74, 6) is 0.0554. The Balaban J connectivity index is 2.40. The van der Waals surface area contributed by atoms with Crippen molar-refractivity contribution in [1.29, 1.82) is 0 Å². The Morgan fingerprint density at radius 1 is 1.53 bits per heavy atom. The van der Waals surface area contributed by atoms with Crippen LogP contribution in [0.5, 0.6) is 0 Å². The molecule has 1 atom stereocenters. The summed E-state index contributed by atoms with van der Waals surface area (Å²) >= 11 is 0. The van der Waals surface area contributed by atoms with Gasteiger partial charge in [-0.15, -0.1) is 0 Å². The monoisotopic (exact) mass is 279 g/mol. The van der Waals surface area contributed by atoms with Crippen molar-refractivity contribution in [2.75, 3.05) is 11.5 Å². The van der Waals surface area contributed by atoms with Gasteiger partial charge in [-0.25, -0.2) is 22.0 Å². The van der Waals surface area contributed by atoms with Crippen LogP contribution < -0.4 is 5.14 Å². The van der Waals surface area contributed by atoms with Crippen LogP contribution in [0.4, 0.5) is 0 Å². The van der Waals surface area contributed by atoms with Crippen molar-refractivity contribution in [3.63, 3.8) is 0 Å². The van der Waals surface area contributed by atoms with E-state index in [1.165, 1.54) is 10.9 Å². The smallest absolute Gasteiger partial charge is 0.241 e. The van der Waals surface area contributed by atoms with E-state index in [1.54, 1.807) is 6.92 Å². The van der Waals surface area contributed by atoms with E-state index in [0.717, 1.165) is 6.20 Å². The quantitative estimate of drug-likeness (QED) is 0.751. The highest BCUT2D eigenvalue weighted by Crippen LogP contribution is 2.30. The number of primary sulfonamides is 1. The predicted octanol–water partition coefficient (Wildman–Crippen LogP) is -0.936. The highest BCUT2D eigenvalue weighted by Gasteiger charge is 2.40. The number of nitrogens with two attached hydrogens (primary N) is 1. The molecular formula is C8H13N3O4S2. The fraction of sp³-hybridized carbons (Fsp3) is 0.625. The molecule has 9 heteroatoms. The molecule has 1 aromatic heterocycles. The van der Waals surface area contributed by atoms with Gasteiger partial charge >= 0.3 is 0 Å². The normalized spacial score (nSPS) is 28.4. The lowest BCUT2D eigenvalue weighted by Crippen LogP contribution is -2.31. The van der Waals surface area contributed by atoms with Crippen molar-refractivity contribution >= 4 is 19.9 Å². The molecule has 0 bridgehead atoms. The van der Waals surface area contributed by atoms with Crippen LogP contribution in [0.1, 0.15) is 13.3 Å². The predicted molar refractivity (Wildman–Crippen MR) is 60.5 cm³/mol. The molecule has 1 aliphatic heterocycles. The first-order valence-electron chi connectivity index (χ1n) is 4.91. The largest absolute Gasteiger partial charge is 0.264 e. The van der Waals surface area contributed by atoms with E-state index < -0.39 is 25.4 Å². The zero-order valence-corrected chi connectivity index (χ0v) is 10.8. The molecule has 1 unspecified atom stereocenters. The number of sulfonamides is 1. The number of rotatable bonds is 2. The van der Waals surface area contributed by atoms with E-state index in [9.17, 15) is 16.8 Å². The maximum atomic E-state index is 11.4. The Hall–Kier alpha value is -0.930. The summed E-state index contributed by atoms with van der Waals surface area (Å²) < 4.78 is 46.4. The van der Waals surface area contributed by atoms with Gasteiger partial charge in [-0.05, 0) is 13.3 Å². The molecule has 2 N–H and O–H groups in total. The lowest BCUT2D eigenvalue weighted by atomic mass is 10.0.